The molecule has 0 saturated carbocycles. The van der Waals surface area contributed by atoms with E-state index in [-0.39, 0.29) is 5.41 Å². The first-order valence-electron chi connectivity index (χ1n) is 11.2. The van der Waals surface area contributed by atoms with Crippen LogP contribution in [0.25, 0.3) is 22.5 Å². The number of aryl methyl sites for hydroxylation is 1. The van der Waals surface area contributed by atoms with Crippen LogP contribution >= 0.6 is 0 Å². The third-order valence-corrected chi connectivity index (χ3v) is 5.48. The zero-order chi connectivity index (χ0) is 22.7. The Balaban J connectivity index is 1.59. The molecule has 0 atom stereocenters. The highest BCUT2D eigenvalue weighted by atomic mass is 15.5. The van der Waals surface area contributed by atoms with Gasteiger partial charge in [-0.2, -0.15) is 10.3 Å². The van der Waals surface area contributed by atoms with Gasteiger partial charge in [0.15, 0.2) is 5.82 Å². The molecule has 0 fully saturated rings. The van der Waals surface area contributed by atoms with E-state index in [1.807, 2.05) is 18.2 Å². The molecule has 1 N–H and O–H groups in total. The summed E-state index contributed by atoms with van der Waals surface area (Å²) in [7, 11) is 0. The van der Waals surface area contributed by atoms with Gasteiger partial charge < -0.3 is 0 Å². The predicted octanol–water partition coefficient (Wildman–Crippen LogP) is 5.06. The summed E-state index contributed by atoms with van der Waals surface area (Å²) in [6.45, 7) is 11.7. The molecule has 32 heavy (non-hydrogen) atoms. The van der Waals surface area contributed by atoms with Crippen molar-refractivity contribution in [3.05, 3.63) is 65.7 Å². The molecule has 0 radical (unpaired) electrons. The van der Waals surface area contributed by atoms with Gasteiger partial charge >= 0.3 is 0 Å². The quantitative estimate of drug-likeness (QED) is 0.444. The minimum atomic E-state index is -0.0689. The zero-order valence-corrected chi connectivity index (χ0v) is 19.5. The summed E-state index contributed by atoms with van der Waals surface area (Å²) in [6.07, 6.45) is 2.05. The number of H-pyrrole nitrogens is 1. The molecule has 7 nitrogen and oxygen atoms in total. The van der Waals surface area contributed by atoms with Crippen LogP contribution in [0.4, 0.5) is 0 Å². The molecule has 0 aliphatic heterocycles. The molecule has 0 spiro atoms. The number of hydrogen-bond donors (Lipinski definition) is 1. The molecule has 4 aromatic rings. The van der Waals surface area contributed by atoms with Gasteiger partial charge in [0.1, 0.15) is 5.82 Å². The van der Waals surface area contributed by atoms with Crippen molar-refractivity contribution in [3.63, 3.8) is 0 Å². The highest BCUT2D eigenvalue weighted by Gasteiger charge is 2.22. The number of hydrogen-bond acceptors (Lipinski definition) is 5. The summed E-state index contributed by atoms with van der Waals surface area (Å²) >= 11 is 0. The molecule has 0 aliphatic carbocycles. The van der Waals surface area contributed by atoms with Gasteiger partial charge in [0.2, 0.25) is 5.82 Å². The van der Waals surface area contributed by atoms with Gasteiger partial charge in [-0.1, -0.05) is 83.1 Å². The number of aromatic amines is 1. The van der Waals surface area contributed by atoms with Crippen molar-refractivity contribution in [2.75, 3.05) is 0 Å². The zero-order valence-electron chi connectivity index (χ0n) is 19.5. The SMILES string of the molecule is CC(C)CCc1nc(C(C)(C)C)nn1Cc1ccc(-c2ccccc2-c2nn[nH]n2)cc1. The van der Waals surface area contributed by atoms with Crippen molar-refractivity contribution in [2.45, 2.75) is 59.4 Å². The highest BCUT2D eigenvalue weighted by molar-refractivity contribution is 5.80. The standard InChI is InChI=1S/C25H31N7/c1-17(2)10-15-22-26-24(25(3,4)5)29-32(22)16-18-11-13-19(14-12-18)20-8-6-7-9-21(20)23-27-30-31-28-23/h6-9,11-14,17H,10,15-16H2,1-5H3,(H,27,28,30,31). The Labute approximate surface area is 189 Å². The Morgan fingerprint density at radius 3 is 2.31 bits per heavy atom. The monoisotopic (exact) mass is 429 g/mol. The number of nitrogens with zero attached hydrogens (tertiary/aromatic N) is 6. The van der Waals surface area contributed by atoms with Crippen LogP contribution in [0.3, 0.4) is 0 Å². The second kappa shape index (κ2) is 9.02. The van der Waals surface area contributed by atoms with Gasteiger partial charge in [-0.15, -0.1) is 10.2 Å². The second-order valence-corrected chi connectivity index (χ2v) is 9.67. The van der Waals surface area contributed by atoms with E-state index in [4.69, 9.17) is 10.1 Å². The average molecular weight is 430 g/mol. The topological polar surface area (TPSA) is 85.2 Å². The van der Waals surface area contributed by atoms with Crippen LogP contribution in [-0.4, -0.2) is 35.4 Å². The van der Waals surface area contributed by atoms with Crippen molar-refractivity contribution in [3.8, 4) is 22.5 Å². The van der Waals surface area contributed by atoms with Gasteiger partial charge in [-0.3, -0.25) is 0 Å². The molecular formula is C25H31N7. The summed E-state index contributed by atoms with van der Waals surface area (Å²) in [4.78, 5) is 4.88. The molecule has 7 heteroatoms. The molecular weight excluding hydrogens is 398 g/mol. The average Bonchev–Trinajstić information content (AvgIpc) is 3.43. The molecule has 0 bridgehead atoms. The molecule has 166 valence electrons. The minimum absolute atomic E-state index is 0.0689. The fourth-order valence-corrected chi connectivity index (χ4v) is 3.59. The van der Waals surface area contributed by atoms with Crippen molar-refractivity contribution in [1.29, 1.82) is 0 Å². The Bertz CT molecular complexity index is 1150. The van der Waals surface area contributed by atoms with Gasteiger partial charge in [0, 0.05) is 17.4 Å². The van der Waals surface area contributed by atoms with Crippen molar-refractivity contribution in [2.24, 2.45) is 5.92 Å². The normalized spacial score (nSPS) is 11.9. The predicted molar refractivity (Wildman–Crippen MR) is 126 cm³/mol. The molecule has 4 rings (SSSR count). The summed E-state index contributed by atoms with van der Waals surface area (Å²) in [5, 5.41) is 19.4. The molecule has 2 aromatic carbocycles. The maximum atomic E-state index is 4.88. The van der Waals surface area contributed by atoms with Crippen molar-refractivity contribution >= 4 is 0 Å². The lowest BCUT2D eigenvalue weighted by molar-refractivity contribution is 0.528. The van der Waals surface area contributed by atoms with E-state index in [0.29, 0.717) is 18.3 Å². The van der Waals surface area contributed by atoms with Gasteiger partial charge in [0.25, 0.3) is 0 Å². The maximum Gasteiger partial charge on any atom is 0.205 e. The number of tetrazole rings is 1. The van der Waals surface area contributed by atoms with Gasteiger partial charge in [-0.05, 0) is 34.2 Å². The number of rotatable bonds is 7. The Morgan fingerprint density at radius 2 is 1.69 bits per heavy atom. The Morgan fingerprint density at radius 1 is 0.969 bits per heavy atom. The molecule has 0 saturated heterocycles. The first-order valence-corrected chi connectivity index (χ1v) is 11.2. The summed E-state index contributed by atoms with van der Waals surface area (Å²) < 4.78 is 2.07. The first kappa shape index (κ1) is 21.9. The summed E-state index contributed by atoms with van der Waals surface area (Å²) in [5.41, 5.74) is 4.27. The number of benzene rings is 2. The van der Waals surface area contributed by atoms with E-state index < -0.39 is 0 Å². The minimum Gasteiger partial charge on any atom is -0.245 e. The fraction of sp³-hybridized carbons (Fsp3) is 0.400. The smallest absolute Gasteiger partial charge is 0.205 e. The molecule has 2 heterocycles. The van der Waals surface area contributed by atoms with Crippen LogP contribution in [0.15, 0.2) is 48.5 Å². The fourth-order valence-electron chi connectivity index (χ4n) is 3.59. The van der Waals surface area contributed by atoms with Gasteiger partial charge in [0.05, 0.1) is 6.54 Å². The third kappa shape index (κ3) is 4.93. The Hall–Kier alpha value is -3.35. The van der Waals surface area contributed by atoms with Crippen LogP contribution < -0.4 is 0 Å². The van der Waals surface area contributed by atoms with E-state index in [2.05, 4.69) is 90.3 Å². The van der Waals surface area contributed by atoms with Crippen molar-refractivity contribution in [1.82, 2.24) is 35.4 Å². The number of aromatic nitrogens is 7. The second-order valence-electron chi connectivity index (χ2n) is 9.67. The van der Waals surface area contributed by atoms with E-state index in [0.717, 1.165) is 41.2 Å². The largest absolute Gasteiger partial charge is 0.245 e. The molecule has 0 aliphatic rings. The van der Waals surface area contributed by atoms with Crippen LogP contribution in [0.1, 0.15) is 58.3 Å². The van der Waals surface area contributed by atoms with Crippen LogP contribution in [0.2, 0.25) is 0 Å². The summed E-state index contributed by atoms with van der Waals surface area (Å²) in [5.74, 6) is 3.20. The summed E-state index contributed by atoms with van der Waals surface area (Å²) in [6, 6.07) is 16.7. The van der Waals surface area contributed by atoms with Crippen LogP contribution in [0, 0.1) is 5.92 Å². The lowest BCUT2D eigenvalue weighted by Gasteiger charge is -2.12. The third-order valence-electron chi connectivity index (χ3n) is 5.48. The molecule has 0 unspecified atom stereocenters. The van der Waals surface area contributed by atoms with Crippen LogP contribution in [0.5, 0.6) is 0 Å². The van der Waals surface area contributed by atoms with E-state index in [1.165, 1.54) is 5.56 Å². The Kier molecular flexibility index (Phi) is 6.17. The van der Waals surface area contributed by atoms with E-state index in [1.54, 1.807) is 0 Å². The van der Waals surface area contributed by atoms with Crippen LogP contribution in [-0.2, 0) is 18.4 Å². The lowest BCUT2D eigenvalue weighted by atomic mass is 9.96. The maximum absolute atomic E-state index is 4.88. The van der Waals surface area contributed by atoms with E-state index in [9.17, 15) is 0 Å². The molecule has 2 aromatic heterocycles. The number of nitrogens with one attached hydrogen (secondary N) is 1. The lowest BCUT2D eigenvalue weighted by Crippen LogP contribution is -2.14. The van der Waals surface area contributed by atoms with Gasteiger partial charge in [-0.25, -0.2) is 9.67 Å². The first-order chi connectivity index (χ1) is 15.3. The van der Waals surface area contributed by atoms with E-state index >= 15 is 0 Å². The molecule has 0 amide bonds. The van der Waals surface area contributed by atoms with Crippen molar-refractivity contribution < 1.29 is 0 Å². The highest BCUT2D eigenvalue weighted by Crippen LogP contribution is 2.30.